The molecule has 7 heteroatoms. The second-order valence-electron chi connectivity index (χ2n) is 6.25. The molecule has 23 heavy (non-hydrogen) atoms. The summed E-state index contributed by atoms with van der Waals surface area (Å²) in [6, 6.07) is 2.60. The lowest BCUT2D eigenvalue weighted by molar-refractivity contribution is -0.386. The van der Waals surface area contributed by atoms with E-state index >= 15 is 0 Å². The van der Waals surface area contributed by atoms with Crippen LogP contribution in [0.25, 0.3) is 0 Å². The molecule has 1 aliphatic carbocycles. The highest BCUT2D eigenvalue weighted by Gasteiger charge is 2.40. The summed E-state index contributed by atoms with van der Waals surface area (Å²) in [5.74, 6) is -0.583. The van der Waals surface area contributed by atoms with E-state index in [4.69, 9.17) is 9.47 Å². The van der Waals surface area contributed by atoms with Crippen LogP contribution in [0.5, 0.6) is 5.75 Å². The first-order valence-electron chi connectivity index (χ1n) is 7.95. The number of anilines is 1. The van der Waals surface area contributed by atoms with Gasteiger partial charge in [-0.05, 0) is 12.8 Å². The Kier molecular flexibility index (Phi) is 4.39. The van der Waals surface area contributed by atoms with Gasteiger partial charge < -0.3 is 14.4 Å². The quantitative estimate of drug-likeness (QED) is 0.630. The molecule has 1 heterocycles. The molecule has 2 aliphatic rings. The summed E-state index contributed by atoms with van der Waals surface area (Å²) in [5, 5.41) is 11.3. The van der Waals surface area contributed by atoms with Crippen LogP contribution in [0.4, 0.5) is 15.8 Å². The molecule has 3 rings (SSSR count). The van der Waals surface area contributed by atoms with Crippen LogP contribution in [-0.4, -0.2) is 37.3 Å². The van der Waals surface area contributed by atoms with Crippen molar-refractivity contribution in [3.63, 3.8) is 0 Å². The number of methoxy groups -OCH3 is 1. The fraction of sp³-hybridized carbons (Fsp3) is 0.625. The van der Waals surface area contributed by atoms with Gasteiger partial charge in [0, 0.05) is 25.2 Å². The maximum Gasteiger partial charge on any atom is 0.328 e. The third-order valence-corrected chi connectivity index (χ3v) is 4.79. The predicted molar refractivity (Wildman–Crippen MR) is 83.6 cm³/mol. The zero-order chi connectivity index (χ0) is 16.4. The van der Waals surface area contributed by atoms with Gasteiger partial charge in [-0.3, -0.25) is 10.1 Å². The molecule has 2 fully saturated rings. The Balaban J connectivity index is 1.96. The molecule has 1 aliphatic heterocycles. The lowest BCUT2D eigenvalue weighted by Gasteiger charge is -2.45. The Morgan fingerprint density at radius 3 is 2.74 bits per heavy atom. The Morgan fingerprint density at radius 1 is 1.35 bits per heavy atom. The van der Waals surface area contributed by atoms with Gasteiger partial charge in [0.2, 0.25) is 5.82 Å². The Bertz CT molecular complexity index is 596. The summed E-state index contributed by atoms with van der Waals surface area (Å²) in [6.45, 7) is 1.56. The van der Waals surface area contributed by atoms with Gasteiger partial charge in [0.25, 0.3) is 0 Å². The maximum absolute atomic E-state index is 14.2. The number of rotatable bonds is 3. The van der Waals surface area contributed by atoms with Crippen LogP contribution < -0.4 is 9.64 Å². The van der Waals surface area contributed by atoms with Gasteiger partial charge in [-0.15, -0.1) is 0 Å². The van der Waals surface area contributed by atoms with Crippen LogP contribution in [0.2, 0.25) is 0 Å². The topological polar surface area (TPSA) is 64.8 Å². The predicted octanol–water partition coefficient (Wildman–Crippen LogP) is 3.28. The van der Waals surface area contributed by atoms with Crippen LogP contribution >= 0.6 is 0 Å². The van der Waals surface area contributed by atoms with E-state index in [0.717, 1.165) is 31.7 Å². The zero-order valence-corrected chi connectivity index (χ0v) is 13.2. The van der Waals surface area contributed by atoms with Gasteiger partial charge in [-0.2, -0.15) is 4.39 Å². The number of hydrogen-bond acceptors (Lipinski definition) is 5. The molecular formula is C16H21FN2O4. The number of morpholine rings is 1. The lowest BCUT2D eigenvalue weighted by atomic mass is 9.83. The van der Waals surface area contributed by atoms with Crippen LogP contribution in [-0.2, 0) is 4.74 Å². The molecule has 0 unspecified atom stereocenters. The van der Waals surface area contributed by atoms with E-state index in [2.05, 4.69) is 0 Å². The largest absolute Gasteiger partial charge is 0.497 e. The number of nitrogens with zero attached hydrogens (tertiary/aromatic N) is 2. The standard InChI is InChI=1S/C16H21FN2O4/c1-22-12-9-13(17)15(19(20)21)14(10-12)18-7-8-23-16(11-18)5-3-2-4-6-16/h9-10H,2-8,11H2,1H3. The molecule has 1 saturated carbocycles. The van der Waals surface area contributed by atoms with E-state index in [1.165, 1.54) is 13.5 Å². The maximum atomic E-state index is 14.2. The molecule has 0 amide bonds. The molecule has 126 valence electrons. The molecule has 0 bridgehead atoms. The third-order valence-electron chi connectivity index (χ3n) is 4.79. The number of nitro groups is 1. The summed E-state index contributed by atoms with van der Waals surface area (Å²) in [4.78, 5) is 12.5. The van der Waals surface area contributed by atoms with Gasteiger partial charge in [0.1, 0.15) is 11.4 Å². The van der Waals surface area contributed by atoms with Crippen molar-refractivity contribution in [1.82, 2.24) is 0 Å². The van der Waals surface area contributed by atoms with Gasteiger partial charge in [0.15, 0.2) is 0 Å². The minimum atomic E-state index is -0.867. The third kappa shape index (κ3) is 3.10. The number of halogens is 1. The van der Waals surface area contributed by atoms with Gasteiger partial charge in [-0.1, -0.05) is 19.3 Å². The van der Waals surface area contributed by atoms with Crippen molar-refractivity contribution in [3.05, 3.63) is 28.1 Å². The van der Waals surface area contributed by atoms with Crippen LogP contribution in [0.3, 0.4) is 0 Å². The molecule has 0 N–H and O–H groups in total. The highest BCUT2D eigenvalue weighted by molar-refractivity contribution is 5.67. The Hall–Kier alpha value is -1.89. The summed E-state index contributed by atoms with van der Waals surface area (Å²) >= 11 is 0. The highest BCUT2D eigenvalue weighted by Crippen LogP contribution is 2.40. The highest BCUT2D eigenvalue weighted by atomic mass is 19.1. The van der Waals surface area contributed by atoms with E-state index in [0.29, 0.717) is 19.7 Å². The van der Waals surface area contributed by atoms with Crippen molar-refractivity contribution >= 4 is 11.4 Å². The van der Waals surface area contributed by atoms with Gasteiger partial charge in [-0.25, -0.2) is 0 Å². The van der Waals surface area contributed by atoms with Gasteiger partial charge >= 0.3 is 5.69 Å². The molecule has 1 spiro atoms. The van der Waals surface area contributed by atoms with Crippen molar-refractivity contribution < 1.29 is 18.8 Å². The molecule has 0 aromatic heterocycles. The first-order chi connectivity index (χ1) is 11.0. The average molecular weight is 324 g/mol. The minimum Gasteiger partial charge on any atom is -0.497 e. The van der Waals surface area contributed by atoms with Crippen LogP contribution in [0.1, 0.15) is 32.1 Å². The van der Waals surface area contributed by atoms with Crippen molar-refractivity contribution in [2.75, 3.05) is 31.7 Å². The van der Waals surface area contributed by atoms with Crippen LogP contribution in [0, 0.1) is 15.9 Å². The smallest absolute Gasteiger partial charge is 0.328 e. The molecule has 6 nitrogen and oxygen atoms in total. The summed E-state index contributed by atoms with van der Waals surface area (Å²) in [5.41, 5.74) is -0.469. The van der Waals surface area contributed by atoms with Crippen molar-refractivity contribution in [2.45, 2.75) is 37.7 Å². The summed E-state index contributed by atoms with van der Waals surface area (Å²) < 4.78 is 25.2. The minimum absolute atomic E-state index is 0.260. The normalized spacial score (nSPS) is 20.5. The van der Waals surface area contributed by atoms with Crippen molar-refractivity contribution in [1.29, 1.82) is 0 Å². The zero-order valence-electron chi connectivity index (χ0n) is 13.2. The Labute approximate surface area is 134 Å². The first kappa shape index (κ1) is 16.0. The number of benzene rings is 1. The van der Waals surface area contributed by atoms with Crippen LogP contribution in [0.15, 0.2) is 12.1 Å². The molecule has 0 radical (unpaired) electrons. The summed E-state index contributed by atoms with van der Waals surface area (Å²) in [6.07, 6.45) is 5.29. The average Bonchev–Trinajstić information content (AvgIpc) is 2.54. The molecule has 1 aromatic rings. The monoisotopic (exact) mass is 324 g/mol. The van der Waals surface area contributed by atoms with E-state index < -0.39 is 16.4 Å². The molecule has 0 atom stereocenters. The SMILES string of the molecule is COc1cc(F)c([N+](=O)[O-])c(N2CCOC3(CCCCC3)C2)c1. The summed E-state index contributed by atoms with van der Waals surface area (Å²) in [7, 11) is 1.42. The van der Waals surface area contributed by atoms with E-state index in [1.54, 1.807) is 6.07 Å². The fourth-order valence-corrected chi connectivity index (χ4v) is 3.65. The molecule has 1 aromatic carbocycles. The Morgan fingerprint density at radius 2 is 2.09 bits per heavy atom. The van der Waals surface area contributed by atoms with Gasteiger partial charge in [0.05, 0.1) is 24.2 Å². The lowest BCUT2D eigenvalue weighted by Crippen LogP contribution is -2.53. The number of nitro benzene ring substituents is 1. The molecule has 1 saturated heterocycles. The van der Waals surface area contributed by atoms with E-state index in [9.17, 15) is 14.5 Å². The van der Waals surface area contributed by atoms with E-state index in [1.807, 2.05) is 4.90 Å². The molecular weight excluding hydrogens is 303 g/mol. The second-order valence-corrected chi connectivity index (χ2v) is 6.25. The first-order valence-corrected chi connectivity index (χ1v) is 7.95. The van der Waals surface area contributed by atoms with E-state index in [-0.39, 0.29) is 17.0 Å². The van der Waals surface area contributed by atoms with Crippen molar-refractivity contribution in [2.24, 2.45) is 0 Å². The van der Waals surface area contributed by atoms with Crippen molar-refractivity contribution in [3.8, 4) is 5.75 Å². The fourth-order valence-electron chi connectivity index (χ4n) is 3.65. The number of hydrogen-bond donors (Lipinski definition) is 0. The second kappa shape index (κ2) is 6.31. The number of ether oxygens (including phenoxy) is 2.